The van der Waals surface area contributed by atoms with Crippen LogP contribution in [0.5, 0.6) is 17.2 Å². The third-order valence-corrected chi connectivity index (χ3v) is 6.89. The second-order valence-electron chi connectivity index (χ2n) is 10.1. The standard InChI is InChI=1S/C37H30O5/c1-26-21-32(40-24-28-13-7-3-8-14-28)34-33(22-26)42-36(37(35(34)38)41-25-29-15-9-4-10-16-29)30-17-19-31(20-18-30)39-23-27-11-5-2-6-12-27/h2-22H,23-25H2,1H3. The molecule has 0 aliphatic rings. The average Bonchev–Trinajstić information content (AvgIpc) is 3.03. The molecule has 0 amide bonds. The van der Waals surface area contributed by atoms with E-state index in [4.69, 9.17) is 18.6 Å². The third kappa shape index (κ3) is 6.21. The van der Waals surface area contributed by atoms with Crippen molar-refractivity contribution in [3.63, 3.8) is 0 Å². The molecule has 0 aliphatic carbocycles. The Labute approximate surface area is 244 Å². The number of aryl methyl sites for hydroxylation is 1. The maximum absolute atomic E-state index is 14.1. The highest BCUT2D eigenvalue weighted by Crippen LogP contribution is 2.36. The summed E-state index contributed by atoms with van der Waals surface area (Å²) in [5, 5.41) is 0.353. The molecular formula is C37H30O5. The van der Waals surface area contributed by atoms with Gasteiger partial charge >= 0.3 is 0 Å². The number of rotatable bonds is 10. The second kappa shape index (κ2) is 12.5. The van der Waals surface area contributed by atoms with E-state index in [9.17, 15) is 4.79 Å². The highest BCUT2D eigenvalue weighted by molar-refractivity contribution is 5.88. The third-order valence-electron chi connectivity index (χ3n) is 6.89. The van der Waals surface area contributed by atoms with Crippen LogP contribution in [0.25, 0.3) is 22.3 Å². The quantitative estimate of drug-likeness (QED) is 0.170. The molecule has 0 bridgehead atoms. The lowest BCUT2D eigenvalue weighted by Gasteiger charge is -2.15. The number of hydrogen-bond donors (Lipinski definition) is 0. The van der Waals surface area contributed by atoms with Gasteiger partial charge in [-0.3, -0.25) is 4.79 Å². The molecule has 0 radical (unpaired) electrons. The lowest BCUT2D eigenvalue weighted by atomic mass is 10.1. The van der Waals surface area contributed by atoms with Crippen LogP contribution >= 0.6 is 0 Å². The van der Waals surface area contributed by atoms with Crippen LogP contribution in [0.2, 0.25) is 0 Å². The van der Waals surface area contributed by atoms with Crippen molar-refractivity contribution in [2.75, 3.05) is 0 Å². The minimum Gasteiger partial charge on any atom is -0.489 e. The molecule has 208 valence electrons. The molecule has 0 N–H and O–H groups in total. The van der Waals surface area contributed by atoms with Crippen LogP contribution in [0.4, 0.5) is 0 Å². The van der Waals surface area contributed by atoms with E-state index in [1.54, 1.807) is 0 Å². The van der Waals surface area contributed by atoms with Crippen molar-refractivity contribution in [1.29, 1.82) is 0 Å². The van der Waals surface area contributed by atoms with Gasteiger partial charge in [-0.25, -0.2) is 0 Å². The fourth-order valence-electron chi connectivity index (χ4n) is 4.74. The molecule has 0 fully saturated rings. The van der Waals surface area contributed by atoms with Crippen LogP contribution in [-0.2, 0) is 19.8 Å². The van der Waals surface area contributed by atoms with Crippen LogP contribution in [0, 0.1) is 6.92 Å². The maximum atomic E-state index is 14.1. The van der Waals surface area contributed by atoms with Crippen molar-refractivity contribution in [1.82, 2.24) is 0 Å². The van der Waals surface area contributed by atoms with Gasteiger partial charge in [0.1, 0.15) is 42.3 Å². The Bertz CT molecular complexity index is 1830. The van der Waals surface area contributed by atoms with Gasteiger partial charge in [-0.05, 0) is 65.6 Å². The highest BCUT2D eigenvalue weighted by Gasteiger charge is 2.21. The van der Waals surface area contributed by atoms with Gasteiger partial charge in [-0.1, -0.05) is 91.0 Å². The zero-order valence-electron chi connectivity index (χ0n) is 23.3. The monoisotopic (exact) mass is 554 g/mol. The molecule has 0 spiro atoms. The van der Waals surface area contributed by atoms with Gasteiger partial charge < -0.3 is 18.6 Å². The summed E-state index contributed by atoms with van der Waals surface area (Å²) in [7, 11) is 0. The summed E-state index contributed by atoms with van der Waals surface area (Å²) in [6, 6.07) is 40.8. The first-order chi connectivity index (χ1) is 20.6. The first-order valence-electron chi connectivity index (χ1n) is 13.9. The molecule has 1 heterocycles. The fourth-order valence-corrected chi connectivity index (χ4v) is 4.74. The molecule has 0 atom stereocenters. The van der Waals surface area contributed by atoms with E-state index < -0.39 is 0 Å². The number of ether oxygens (including phenoxy) is 3. The topological polar surface area (TPSA) is 57.9 Å². The molecule has 5 aromatic carbocycles. The van der Waals surface area contributed by atoms with E-state index in [1.165, 1.54) is 0 Å². The van der Waals surface area contributed by atoms with E-state index >= 15 is 0 Å². The van der Waals surface area contributed by atoms with Gasteiger partial charge in [0.15, 0.2) is 5.76 Å². The maximum Gasteiger partial charge on any atom is 0.239 e. The molecule has 0 saturated heterocycles. The highest BCUT2D eigenvalue weighted by atomic mass is 16.5. The van der Waals surface area contributed by atoms with Gasteiger partial charge in [0.2, 0.25) is 11.2 Å². The predicted molar refractivity (Wildman–Crippen MR) is 165 cm³/mol. The Kier molecular flexibility index (Phi) is 8.00. The Morgan fingerprint density at radius 3 is 1.69 bits per heavy atom. The van der Waals surface area contributed by atoms with Gasteiger partial charge in [0.05, 0.1) is 0 Å². The zero-order chi connectivity index (χ0) is 28.7. The molecule has 0 aliphatic heterocycles. The summed E-state index contributed by atoms with van der Waals surface area (Å²) in [6.07, 6.45) is 0. The number of fused-ring (bicyclic) bond motifs is 1. The zero-order valence-corrected chi connectivity index (χ0v) is 23.3. The van der Waals surface area contributed by atoms with Crippen LogP contribution in [0.3, 0.4) is 0 Å². The summed E-state index contributed by atoms with van der Waals surface area (Å²) >= 11 is 0. The van der Waals surface area contributed by atoms with Gasteiger partial charge in [-0.15, -0.1) is 0 Å². The molecule has 0 saturated carbocycles. The van der Waals surface area contributed by atoms with Crippen molar-refractivity contribution in [2.24, 2.45) is 0 Å². The summed E-state index contributed by atoms with van der Waals surface area (Å²) in [6.45, 7) is 2.95. The first kappa shape index (κ1) is 26.9. The van der Waals surface area contributed by atoms with Gasteiger partial charge in [0.25, 0.3) is 0 Å². The van der Waals surface area contributed by atoms with E-state index in [-0.39, 0.29) is 17.8 Å². The minimum atomic E-state index is -0.283. The van der Waals surface area contributed by atoms with E-state index in [1.807, 2.05) is 134 Å². The van der Waals surface area contributed by atoms with E-state index in [0.29, 0.717) is 47.0 Å². The summed E-state index contributed by atoms with van der Waals surface area (Å²) in [5.74, 6) is 1.67. The van der Waals surface area contributed by atoms with E-state index in [2.05, 4.69) is 0 Å². The first-order valence-corrected chi connectivity index (χ1v) is 13.9. The predicted octanol–water partition coefficient (Wildman–Crippen LogP) is 8.51. The van der Waals surface area contributed by atoms with Crippen LogP contribution in [0.1, 0.15) is 22.3 Å². The number of benzene rings is 5. The van der Waals surface area contributed by atoms with Crippen LogP contribution in [0.15, 0.2) is 137 Å². The molecule has 5 heteroatoms. The summed E-state index contributed by atoms with van der Waals surface area (Å²) in [4.78, 5) is 14.1. The Balaban J connectivity index is 1.37. The lowest BCUT2D eigenvalue weighted by molar-refractivity contribution is 0.295. The Hall–Kier alpha value is -5.29. The fraction of sp³-hybridized carbons (Fsp3) is 0.108. The summed E-state index contributed by atoms with van der Waals surface area (Å²) < 4.78 is 24.8. The average molecular weight is 555 g/mol. The van der Waals surface area contributed by atoms with E-state index in [0.717, 1.165) is 22.3 Å². The second-order valence-corrected chi connectivity index (χ2v) is 10.1. The molecule has 5 nitrogen and oxygen atoms in total. The van der Waals surface area contributed by atoms with Crippen molar-refractivity contribution in [2.45, 2.75) is 26.7 Å². The normalized spacial score (nSPS) is 10.9. The molecule has 6 aromatic rings. The van der Waals surface area contributed by atoms with Crippen molar-refractivity contribution in [3.8, 4) is 28.6 Å². The summed E-state index contributed by atoms with van der Waals surface area (Å²) in [5.41, 5.74) is 4.81. The Morgan fingerprint density at radius 1 is 0.595 bits per heavy atom. The van der Waals surface area contributed by atoms with Gasteiger partial charge in [0, 0.05) is 5.56 Å². The van der Waals surface area contributed by atoms with Gasteiger partial charge in [-0.2, -0.15) is 0 Å². The largest absolute Gasteiger partial charge is 0.489 e. The van der Waals surface area contributed by atoms with Crippen molar-refractivity contribution < 1.29 is 18.6 Å². The smallest absolute Gasteiger partial charge is 0.239 e. The van der Waals surface area contributed by atoms with Crippen LogP contribution < -0.4 is 19.6 Å². The minimum absolute atomic E-state index is 0.137. The molecular weight excluding hydrogens is 524 g/mol. The molecule has 6 rings (SSSR count). The number of hydrogen-bond acceptors (Lipinski definition) is 5. The molecule has 0 unspecified atom stereocenters. The van der Waals surface area contributed by atoms with Crippen LogP contribution in [-0.4, -0.2) is 0 Å². The molecule has 1 aromatic heterocycles. The molecule has 42 heavy (non-hydrogen) atoms. The lowest BCUT2D eigenvalue weighted by Crippen LogP contribution is -2.12. The van der Waals surface area contributed by atoms with Crippen molar-refractivity contribution in [3.05, 3.63) is 160 Å². The van der Waals surface area contributed by atoms with Crippen molar-refractivity contribution >= 4 is 11.0 Å². The Morgan fingerprint density at radius 2 is 1.12 bits per heavy atom. The SMILES string of the molecule is Cc1cc(OCc2ccccc2)c2c(=O)c(OCc3ccccc3)c(-c3ccc(OCc4ccccc4)cc3)oc2c1.